The Labute approximate surface area is 94.8 Å². The first-order valence-corrected chi connectivity index (χ1v) is 5.21. The number of aryl methyl sites for hydroxylation is 2. The number of benzene rings is 1. The van der Waals surface area contributed by atoms with Gasteiger partial charge in [-0.3, -0.25) is 9.97 Å². The van der Waals surface area contributed by atoms with Crippen LogP contribution in [0.1, 0.15) is 22.4 Å². The molecule has 0 aliphatic carbocycles. The zero-order chi connectivity index (χ0) is 11.5. The fraction of sp³-hybridized carbons (Fsp3) is 0.231. The van der Waals surface area contributed by atoms with Crippen LogP contribution in [0.25, 0.3) is 0 Å². The van der Waals surface area contributed by atoms with E-state index >= 15 is 0 Å². The second-order valence-electron chi connectivity index (χ2n) is 3.95. The second kappa shape index (κ2) is 4.31. The number of rotatable bonds is 2. The molecule has 1 heterocycles. The van der Waals surface area contributed by atoms with Gasteiger partial charge in [0.1, 0.15) is 5.75 Å². The van der Waals surface area contributed by atoms with Crippen LogP contribution in [-0.4, -0.2) is 15.1 Å². The van der Waals surface area contributed by atoms with Gasteiger partial charge in [-0.05, 0) is 30.5 Å². The highest BCUT2D eigenvalue weighted by atomic mass is 16.3. The van der Waals surface area contributed by atoms with E-state index in [2.05, 4.69) is 9.97 Å². The van der Waals surface area contributed by atoms with Crippen LogP contribution in [0.15, 0.2) is 30.7 Å². The van der Waals surface area contributed by atoms with Gasteiger partial charge in [-0.1, -0.05) is 12.1 Å². The average Bonchev–Trinajstić information content (AvgIpc) is 2.27. The first-order valence-electron chi connectivity index (χ1n) is 5.21. The van der Waals surface area contributed by atoms with E-state index in [0.29, 0.717) is 5.75 Å². The Morgan fingerprint density at radius 1 is 1.12 bits per heavy atom. The second-order valence-corrected chi connectivity index (χ2v) is 3.95. The predicted molar refractivity (Wildman–Crippen MR) is 62.4 cm³/mol. The monoisotopic (exact) mass is 214 g/mol. The van der Waals surface area contributed by atoms with Gasteiger partial charge in [-0.2, -0.15) is 0 Å². The van der Waals surface area contributed by atoms with Crippen molar-refractivity contribution in [2.45, 2.75) is 20.3 Å². The summed E-state index contributed by atoms with van der Waals surface area (Å²) >= 11 is 0. The molecule has 0 aliphatic rings. The minimum Gasteiger partial charge on any atom is -0.507 e. The fourth-order valence-electron chi connectivity index (χ4n) is 1.78. The molecule has 2 rings (SSSR count). The minimum absolute atomic E-state index is 0.378. The van der Waals surface area contributed by atoms with Gasteiger partial charge in [0.25, 0.3) is 0 Å². The lowest BCUT2D eigenvalue weighted by molar-refractivity contribution is 0.466. The molecule has 0 spiro atoms. The number of phenolic OH excluding ortho intramolecular Hbond substituents is 1. The number of hydrogen-bond acceptors (Lipinski definition) is 3. The van der Waals surface area contributed by atoms with Gasteiger partial charge in [0.15, 0.2) is 0 Å². The van der Waals surface area contributed by atoms with Crippen LogP contribution >= 0.6 is 0 Å². The third-order valence-corrected chi connectivity index (χ3v) is 2.55. The van der Waals surface area contributed by atoms with Crippen LogP contribution < -0.4 is 0 Å². The largest absolute Gasteiger partial charge is 0.507 e. The lowest BCUT2D eigenvalue weighted by Gasteiger charge is -2.07. The van der Waals surface area contributed by atoms with Crippen LogP contribution in [0.4, 0.5) is 0 Å². The van der Waals surface area contributed by atoms with Crippen molar-refractivity contribution >= 4 is 0 Å². The molecule has 0 saturated heterocycles. The Kier molecular flexibility index (Phi) is 2.86. The predicted octanol–water partition coefficient (Wildman–Crippen LogP) is 2.39. The Bertz CT molecular complexity index is 472. The SMILES string of the molecule is Cc1cc(Cc2cnccn2)cc(C)c1O. The molecule has 0 aliphatic heterocycles. The maximum atomic E-state index is 9.67. The van der Waals surface area contributed by atoms with Gasteiger partial charge < -0.3 is 5.11 Å². The molecular formula is C13H14N2O. The number of nitrogens with zero attached hydrogens (tertiary/aromatic N) is 2. The summed E-state index contributed by atoms with van der Waals surface area (Å²) in [4.78, 5) is 8.26. The summed E-state index contributed by atoms with van der Waals surface area (Å²) in [5.74, 6) is 0.378. The molecule has 2 aromatic rings. The molecule has 16 heavy (non-hydrogen) atoms. The van der Waals surface area contributed by atoms with Crippen molar-refractivity contribution in [3.63, 3.8) is 0 Å². The van der Waals surface area contributed by atoms with E-state index in [-0.39, 0.29) is 0 Å². The van der Waals surface area contributed by atoms with Gasteiger partial charge in [0.05, 0.1) is 5.69 Å². The number of phenols is 1. The molecule has 82 valence electrons. The summed E-state index contributed by atoms with van der Waals surface area (Å²) in [5, 5.41) is 9.67. The molecule has 0 radical (unpaired) electrons. The van der Waals surface area contributed by atoms with E-state index < -0.39 is 0 Å². The summed E-state index contributed by atoms with van der Waals surface area (Å²) in [6.45, 7) is 3.81. The maximum Gasteiger partial charge on any atom is 0.121 e. The topological polar surface area (TPSA) is 46.0 Å². The lowest BCUT2D eigenvalue weighted by Crippen LogP contribution is -1.94. The van der Waals surface area contributed by atoms with E-state index in [1.807, 2.05) is 26.0 Å². The van der Waals surface area contributed by atoms with Gasteiger partial charge in [0, 0.05) is 25.0 Å². The van der Waals surface area contributed by atoms with Gasteiger partial charge >= 0.3 is 0 Å². The zero-order valence-corrected chi connectivity index (χ0v) is 9.44. The van der Waals surface area contributed by atoms with Gasteiger partial charge in [0.2, 0.25) is 0 Å². The highest BCUT2D eigenvalue weighted by Gasteiger charge is 2.04. The quantitative estimate of drug-likeness (QED) is 0.834. The van der Waals surface area contributed by atoms with E-state index in [0.717, 1.165) is 28.8 Å². The number of aromatic nitrogens is 2. The van der Waals surface area contributed by atoms with Crippen molar-refractivity contribution in [2.75, 3.05) is 0 Å². The van der Waals surface area contributed by atoms with Crippen LogP contribution in [0, 0.1) is 13.8 Å². The number of aromatic hydroxyl groups is 1. The molecule has 3 heteroatoms. The summed E-state index contributed by atoms with van der Waals surface area (Å²) in [5.41, 5.74) is 3.89. The molecule has 1 aromatic carbocycles. The Balaban J connectivity index is 2.29. The molecular weight excluding hydrogens is 200 g/mol. The molecule has 0 bridgehead atoms. The number of hydrogen-bond donors (Lipinski definition) is 1. The molecule has 0 saturated carbocycles. The lowest BCUT2D eigenvalue weighted by atomic mass is 10.0. The van der Waals surface area contributed by atoms with Crippen LogP contribution in [-0.2, 0) is 6.42 Å². The Hall–Kier alpha value is -1.90. The molecule has 0 atom stereocenters. The standard InChI is InChI=1S/C13H14N2O/c1-9-5-11(6-10(2)13(9)16)7-12-8-14-3-4-15-12/h3-6,8,16H,7H2,1-2H3. The molecule has 0 unspecified atom stereocenters. The van der Waals surface area contributed by atoms with E-state index in [1.54, 1.807) is 18.6 Å². The van der Waals surface area contributed by atoms with Crippen molar-refractivity contribution in [1.29, 1.82) is 0 Å². The minimum atomic E-state index is 0.378. The molecule has 0 fully saturated rings. The summed E-state index contributed by atoms with van der Waals surface area (Å²) in [6, 6.07) is 3.97. The smallest absolute Gasteiger partial charge is 0.121 e. The van der Waals surface area contributed by atoms with Crippen molar-refractivity contribution in [3.05, 3.63) is 53.1 Å². The molecule has 0 amide bonds. The summed E-state index contributed by atoms with van der Waals surface area (Å²) in [6.07, 6.45) is 5.86. The first-order chi connectivity index (χ1) is 7.66. The average molecular weight is 214 g/mol. The third-order valence-electron chi connectivity index (χ3n) is 2.55. The van der Waals surface area contributed by atoms with Crippen LogP contribution in [0.2, 0.25) is 0 Å². The van der Waals surface area contributed by atoms with E-state index in [4.69, 9.17) is 0 Å². The van der Waals surface area contributed by atoms with E-state index in [9.17, 15) is 5.11 Å². The first kappa shape index (κ1) is 10.6. The highest BCUT2D eigenvalue weighted by molar-refractivity contribution is 5.42. The summed E-state index contributed by atoms with van der Waals surface area (Å²) in [7, 11) is 0. The van der Waals surface area contributed by atoms with E-state index in [1.165, 1.54) is 0 Å². The molecule has 1 aromatic heterocycles. The zero-order valence-electron chi connectivity index (χ0n) is 9.44. The van der Waals surface area contributed by atoms with Gasteiger partial charge in [-0.25, -0.2) is 0 Å². The van der Waals surface area contributed by atoms with Crippen molar-refractivity contribution in [2.24, 2.45) is 0 Å². The highest BCUT2D eigenvalue weighted by Crippen LogP contribution is 2.23. The Morgan fingerprint density at radius 3 is 2.38 bits per heavy atom. The van der Waals surface area contributed by atoms with Crippen LogP contribution in [0.3, 0.4) is 0 Å². The molecule has 1 N–H and O–H groups in total. The summed E-state index contributed by atoms with van der Waals surface area (Å²) < 4.78 is 0. The van der Waals surface area contributed by atoms with Crippen LogP contribution in [0.5, 0.6) is 5.75 Å². The van der Waals surface area contributed by atoms with Crippen molar-refractivity contribution in [1.82, 2.24) is 9.97 Å². The molecule has 3 nitrogen and oxygen atoms in total. The fourth-order valence-corrected chi connectivity index (χ4v) is 1.78. The Morgan fingerprint density at radius 2 is 1.81 bits per heavy atom. The van der Waals surface area contributed by atoms with Gasteiger partial charge in [-0.15, -0.1) is 0 Å². The van der Waals surface area contributed by atoms with Crippen molar-refractivity contribution < 1.29 is 5.11 Å². The van der Waals surface area contributed by atoms with Crippen molar-refractivity contribution in [3.8, 4) is 5.75 Å². The maximum absolute atomic E-state index is 9.67. The third kappa shape index (κ3) is 2.19. The normalized spacial score (nSPS) is 10.4.